The maximum Gasteiger partial charge on any atom is 0.123 e. The van der Waals surface area contributed by atoms with Gasteiger partial charge in [-0.1, -0.05) is 56.5 Å². The first kappa shape index (κ1) is 12.0. The highest BCUT2D eigenvalue weighted by atomic mass is 16.3. The fourth-order valence-corrected chi connectivity index (χ4v) is 2.25. The molecule has 0 aliphatic heterocycles. The topological polar surface area (TPSA) is 20.2 Å². The van der Waals surface area contributed by atoms with Gasteiger partial charge in [0.1, 0.15) is 5.75 Å². The minimum Gasteiger partial charge on any atom is -0.507 e. The van der Waals surface area contributed by atoms with Crippen molar-refractivity contribution in [2.45, 2.75) is 39.0 Å². The molecule has 90 valence electrons. The van der Waals surface area contributed by atoms with Gasteiger partial charge in [0, 0.05) is 5.39 Å². The molecule has 0 aliphatic rings. The lowest BCUT2D eigenvalue weighted by Gasteiger charge is -2.06. The van der Waals surface area contributed by atoms with Crippen molar-refractivity contribution in [3.05, 3.63) is 42.0 Å². The average Bonchev–Trinajstić information content (AvgIpc) is 2.35. The average molecular weight is 228 g/mol. The Morgan fingerprint density at radius 1 is 1.00 bits per heavy atom. The van der Waals surface area contributed by atoms with Gasteiger partial charge in [-0.25, -0.2) is 0 Å². The molecule has 1 N–H and O–H groups in total. The largest absolute Gasteiger partial charge is 0.507 e. The Labute approximate surface area is 103 Å². The molecule has 0 aliphatic carbocycles. The van der Waals surface area contributed by atoms with Gasteiger partial charge >= 0.3 is 0 Å². The standard InChI is InChI=1S/C16H20O/c1-2-3-4-5-8-13-11-14-9-6-7-10-15(14)16(17)12-13/h6-7,9-12,17H,2-5,8H2,1H3. The Morgan fingerprint density at radius 2 is 1.82 bits per heavy atom. The maximum atomic E-state index is 9.95. The summed E-state index contributed by atoms with van der Waals surface area (Å²) in [5.74, 6) is 0.411. The number of aromatic hydroxyl groups is 1. The lowest BCUT2D eigenvalue weighted by Crippen LogP contribution is -1.87. The Morgan fingerprint density at radius 3 is 2.65 bits per heavy atom. The van der Waals surface area contributed by atoms with E-state index < -0.39 is 0 Å². The molecule has 1 heteroatoms. The van der Waals surface area contributed by atoms with Crippen LogP contribution in [0.3, 0.4) is 0 Å². The number of aryl methyl sites for hydroxylation is 1. The zero-order valence-corrected chi connectivity index (χ0v) is 10.4. The Balaban J connectivity index is 2.13. The van der Waals surface area contributed by atoms with Crippen LogP contribution in [-0.4, -0.2) is 5.11 Å². The molecule has 0 saturated carbocycles. The summed E-state index contributed by atoms with van der Waals surface area (Å²) < 4.78 is 0. The Hall–Kier alpha value is -1.50. The number of hydrogen-bond donors (Lipinski definition) is 1. The first-order valence-corrected chi connectivity index (χ1v) is 6.52. The highest BCUT2D eigenvalue weighted by molar-refractivity contribution is 5.88. The molecule has 1 nitrogen and oxygen atoms in total. The van der Waals surface area contributed by atoms with Crippen molar-refractivity contribution in [3.8, 4) is 5.75 Å². The fraction of sp³-hybridized carbons (Fsp3) is 0.375. The number of phenols is 1. The van der Waals surface area contributed by atoms with Crippen LogP contribution in [0.2, 0.25) is 0 Å². The second kappa shape index (κ2) is 5.72. The Kier molecular flexibility index (Phi) is 4.03. The molecule has 0 amide bonds. The second-order valence-electron chi connectivity index (χ2n) is 4.65. The van der Waals surface area contributed by atoms with Crippen molar-refractivity contribution in [2.24, 2.45) is 0 Å². The summed E-state index contributed by atoms with van der Waals surface area (Å²) in [5.41, 5.74) is 1.25. The number of rotatable bonds is 5. The van der Waals surface area contributed by atoms with Gasteiger partial charge < -0.3 is 5.11 Å². The van der Waals surface area contributed by atoms with E-state index in [1.807, 2.05) is 24.3 Å². The van der Waals surface area contributed by atoms with Crippen LogP contribution in [0.5, 0.6) is 5.75 Å². The van der Waals surface area contributed by atoms with Crippen LogP contribution in [-0.2, 0) is 6.42 Å². The normalized spacial score (nSPS) is 10.9. The molecule has 0 heterocycles. The van der Waals surface area contributed by atoms with E-state index in [-0.39, 0.29) is 0 Å². The molecule has 0 fully saturated rings. The highest BCUT2D eigenvalue weighted by Crippen LogP contribution is 2.27. The van der Waals surface area contributed by atoms with Gasteiger partial charge in [-0.15, -0.1) is 0 Å². The van der Waals surface area contributed by atoms with Crippen LogP contribution >= 0.6 is 0 Å². The van der Waals surface area contributed by atoms with E-state index in [1.54, 1.807) is 0 Å². The molecule has 2 rings (SSSR count). The van der Waals surface area contributed by atoms with E-state index in [9.17, 15) is 5.11 Å². The number of hydrogen-bond acceptors (Lipinski definition) is 1. The lowest BCUT2D eigenvalue weighted by atomic mass is 10.0. The van der Waals surface area contributed by atoms with Crippen molar-refractivity contribution in [3.63, 3.8) is 0 Å². The van der Waals surface area contributed by atoms with Crippen LogP contribution in [0, 0.1) is 0 Å². The molecule has 0 atom stereocenters. The summed E-state index contributed by atoms with van der Waals surface area (Å²) in [5, 5.41) is 12.0. The molecular formula is C16H20O. The summed E-state index contributed by atoms with van der Waals surface area (Å²) in [6.07, 6.45) is 6.14. The molecule has 0 spiro atoms. The third-order valence-electron chi connectivity index (χ3n) is 3.22. The van der Waals surface area contributed by atoms with Crippen molar-refractivity contribution in [1.29, 1.82) is 0 Å². The summed E-state index contributed by atoms with van der Waals surface area (Å²) in [6.45, 7) is 2.22. The monoisotopic (exact) mass is 228 g/mol. The number of fused-ring (bicyclic) bond motifs is 1. The maximum absolute atomic E-state index is 9.95. The molecule has 0 bridgehead atoms. The van der Waals surface area contributed by atoms with Gasteiger partial charge in [0.05, 0.1) is 0 Å². The van der Waals surface area contributed by atoms with Crippen LogP contribution in [0.25, 0.3) is 10.8 Å². The van der Waals surface area contributed by atoms with E-state index in [1.165, 1.54) is 31.2 Å². The predicted molar refractivity (Wildman–Crippen MR) is 73.5 cm³/mol. The van der Waals surface area contributed by atoms with Gasteiger partial charge in [-0.3, -0.25) is 0 Å². The highest BCUT2D eigenvalue weighted by Gasteiger charge is 2.02. The quantitative estimate of drug-likeness (QED) is 0.737. The molecule has 2 aromatic rings. The minimum atomic E-state index is 0.411. The molecule has 0 unspecified atom stereocenters. The van der Waals surface area contributed by atoms with Crippen LogP contribution in [0.4, 0.5) is 0 Å². The minimum absolute atomic E-state index is 0.411. The SMILES string of the molecule is CCCCCCc1cc(O)c2ccccc2c1. The van der Waals surface area contributed by atoms with Crippen molar-refractivity contribution in [1.82, 2.24) is 0 Å². The summed E-state index contributed by atoms with van der Waals surface area (Å²) in [6, 6.07) is 12.1. The summed E-state index contributed by atoms with van der Waals surface area (Å²) in [4.78, 5) is 0. The third-order valence-corrected chi connectivity index (χ3v) is 3.22. The van der Waals surface area contributed by atoms with E-state index >= 15 is 0 Å². The first-order chi connectivity index (χ1) is 8.31. The van der Waals surface area contributed by atoms with Crippen molar-refractivity contribution >= 4 is 10.8 Å². The van der Waals surface area contributed by atoms with E-state index in [4.69, 9.17) is 0 Å². The van der Waals surface area contributed by atoms with Gasteiger partial charge in [0.2, 0.25) is 0 Å². The van der Waals surface area contributed by atoms with E-state index in [0.29, 0.717) is 5.75 Å². The first-order valence-electron chi connectivity index (χ1n) is 6.52. The van der Waals surface area contributed by atoms with Gasteiger partial charge in [0.25, 0.3) is 0 Å². The molecule has 17 heavy (non-hydrogen) atoms. The van der Waals surface area contributed by atoms with Crippen molar-refractivity contribution in [2.75, 3.05) is 0 Å². The predicted octanol–water partition coefficient (Wildman–Crippen LogP) is 4.67. The molecule has 0 radical (unpaired) electrons. The lowest BCUT2D eigenvalue weighted by molar-refractivity contribution is 0.480. The van der Waals surface area contributed by atoms with Crippen LogP contribution < -0.4 is 0 Å². The van der Waals surface area contributed by atoms with Gasteiger partial charge in [0.15, 0.2) is 0 Å². The van der Waals surface area contributed by atoms with Crippen LogP contribution in [0.1, 0.15) is 38.2 Å². The van der Waals surface area contributed by atoms with Gasteiger partial charge in [-0.2, -0.15) is 0 Å². The van der Waals surface area contributed by atoms with Crippen molar-refractivity contribution < 1.29 is 5.11 Å². The van der Waals surface area contributed by atoms with E-state index in [2.05, 4.69) is 19.1 Å². The molecular weight excluding hydrogens is 208 g/mol. The number of unbranched alkanes of at least 4 members (excludes halogenated alkanes) is 3. The van der Waals surface area contributed by atoms with Crippen LogP contribution in [0.15, 0.2) is 36.4 Å². The Bertz CT molecular complexity index is 488. The zero-order chi connectivity index (χ0) is 12.1. The smallest absolute Gasteiger partial charge is 0.123 e. The number of phenolic OH excluding ortho intramolecular Hbond substituents is 1. The molecule has 0 aromatic heterocycles. The zero-order valence-electron chi connectivity index (χ0n) is 10.4. The molecule has 0 saturated heterocycles. The summed E-state index contributed by atoms with van der Waals surface area (Å²) >= 11 is 0. The number of benzene rings is 2. The second-order valence-corrected chi connectivity index (χ2v) is 4.65. The van der Waals surface area contributed by atoms with Gasteiger partial charge in [-0.05, 0) is 29.9 Å². The third kappa shape index (κ3) is 3.00. The molecule has 2 aromatic carbocycles. The van der Waals surface area contributed by atoms with E-state index in [0.717, 1.165) is 17.2 Å². The summed E-state index contributed by atoms with van der Waals surface area (Å²) in [7, 11) is 0. The fourth-order valence-electron chi connectivity index (χ4n) is 2.25.